The predicted molar refractivity (Wildman–Crippen MR) is 101 cm³/mol. The van der Waals surface area contributed by atoms with Crippen LogP contribution in [0.25, 0.3) is 10.8 Å². The number of fused-ring (bicyclic) bond motifs is 1. The molecule has 5 heteroatoms. The van der Waals surface area contributed by atoms with E-state index in [9.17, 15) is 4.79 Å². The number of hydrogen-bond acceptors (Lipinski definition) is 4. The minimum Gasteiger partial charge on any atom is -0.484 e. The fourth-order valence-electron chi connectivity index (χ4n) is 2.41. The van der Waals surface area contributed by atoms with Crippen molar-refractivity contribution in [2.75, 3.05) is 12.3 Å². The molecule has 0 bridgehead atoms. The lowest BCUT2D eigenvalue weighted by Crippen LogP contribution is -2.25. The van der Waals surface area contributed by atoms with E-state index in [2.05, 4.69) is 10.5 Å². The number of nitrogens with two attached hydrogens (primary N) is 1. The first-order chi connectivity index (χ1) is 12.1. The van der Waals surface area contributed by atoms with Gasteiger partial charge in [0.2, 0.25) is 0 Å². The summed E-state index contributed by atoms with van der Waals surface area (Å²) in [5, 5.41) is 6.27. The molecule has 0 aliphatic rings. The Bertz CT molecular complexity index is 935. The number of hydrogen-bond donors (Lipinski definition) is 2. The molecule has 0 aliphatic heterocycles. The number of ether oxygens (including phenoxy) is 1. The maximum absolute atomic E-state index is 11.9. The molecule has 0 aliphatic carbocycles. The van der Waals surface area contributed by atoms with Crippen LogP contribution in [0.2, 0.25) is 0 Å². The first kappa shape index (κ1) is 16.5. The van der Waals surface area contributed by atoms with E-state index in [-0.39, 0.29) is 12.5 Å². The van der Waals surface area contributed by atoms with Crippen molar-refractivity contribution in [3.63, 3.8) is 0 Å². The highest BCUT2D eigenvalue weighted by molar-refractivity contribution is 5.99. The van der Waals surface area contributed by atoms with Gasteiger partial charge in [0.25, 0.3) is 5.91 Å². The number of hydrazone groups is 1. The third-order valence-electron chi connectivity index (χ3n) is 3.74. The van der Waals surface area contributed by atoms with Crippen LogP contribution in [0.4, 0.5) is 5.69 Å². The largest absolute Gasteiger partial charge is 0.484 e. The molecule has 3 N–H and O–H groups in total. The van der Waals surface area contributed by atoms with E-state index in [1.165, 1.54) is 0 Å². The zero-order chi connectivity index (χ0) is 17.6. The lowest BCUT2D eigenvalue weighted by molar-refractivity contribution is -0.123. The molecule has 0 heterocycles. The van der Waals surface area contributed by atoms with Gasteiger partial charge in [-0.2, -0.15) is 5.10 Å². The number of benzene rings is 3. The summed E-state index contributed by atoms with van der Waals surface area (Å²) in [5.41, 5.74) is 10.4. The summed E-state index contributed by atoms with van der Waals surface area (Å²) in [7, 11) is 0. The van der Waals surface area contributed by atoms with Crippen molar-refractivity contribution in [2.45, 2.75) is 6.92 Å². The molecule has 0 radical (unpaired) electrons. The van der Waals surface area contributed by atoms with Crippen molar-refractivity contribution in [1.29, 1.82) is 0 Å². The summed E-state index contributed by atoms with van der Waals surface area (Å²) in [6.45, 7) is 1.70. The Morgan fingerprint density at radius 1 is 1.04 bits per heavy atom. The average molecular weight is 333 g/mol. The van der Waals surface area contributed by atoms with Gasteiger partial charge in [-0.1, -0.05) is 42.5 Å². The fraction of sp³-hybridized carbons (Fsp3) is 0.100. The van der Waals surface area contributed by atoms with Crippen molar-refractivity contribution >= 4 is 28.1 Å². The molecule has 0 unspecified atom stereocenters. The fourth-order valence-corrected chi connectivity index (χ4v) is 2.41. The molecular weight excluding hydrogens is 314 g/mol. The van der Waals surface area contributed by atoms with Crippen molar-refractivity contribution in [3.05, 3.63) is 72.3 Å². The Morgan fingerprint density at radius 3 is 2.64 bits per heavy atom. The number of anilines is 1. The Balaban J connectivity index is 1.57. The number of carbonyl (C=O) groups excluding carboxylic acids is 1. The van der Waals surface area contributed by atoms with Crippen LogP contribution in [0.1, 0.15) is 12.5 Å². The van der Waals surface area contributed by atoms with Gasteiger partial charge >= 0.3 is 0 Å². The summed E-state index contributed by atoms with van der Waals surface area (Å²) >= 11 is 0. The van der Waals surface area contributed by atoms with E-state index in [1.54, 1.807) is 19.1 Å². The molecule has 0 saturated heterocycles. The summed E-state index contributed by atoms with van der Waals surface area (Å²) in [6, 6.07) is 21.0. The number of rotatable bonds is 5. The van der Waals surface area contributed by atoms with Crippen molar-refractivity contribution < 1.29 is 9.53 Å². The third kappa shape index (κ3) is 4.35. The van der Waals surface area contributed by atoms with Gasteiger partial charge in [-0.15, -0.1) is 0 Å². The zero-order valence-electron chi connectivity index (χ0n) is 13.9. The van der Waals surface area contributed by atoms with Crippen molar-refractivity contribution in [3.8, 4) is 5.75 Å². The molecule has 126 valence electrons. The molecule has 0 spiro atoms. The second kappa shape index (κ2) is 7.49. The monoisotopic (exact) mass is 333 g/mol. The summed E-state index contributed by atoms with van der Waals surface area (Å²) < 4.78 is 5.53. The van der Waals surface area contributed by atoms with Gasteiger partial charge in [0, 0.05) is 5.69 Å². The maximum atomic E-state index is 11.9. The SMILES string of the molecule is C/C(=N/NC(=O)COc1ccc2ccccc2c1)c1cccc(N)c1. The molecule has 3 aromatic rings. The molecule has 5 nitrogen and oxygen atoms in total. The van der Waals surface area contributed by atoms with E-state index in [1.807, 2.05) is 54.6 Å². The van der Waals surface area contributed by atoms with Crippen LogP contribution in [-0.4, -0.2) is 18.2 Å². The summed E-state index contributed by atoms with van der Waals surface area (Å²) in [5.74, 6) is 0.321. The lowest BCUT2D eigenvalue weighted by atomic mass is 10.1. The summed E-state index contributed by atoms with van der Waals surface area (Å²) in [6.07, 6.45) is 0. The van der Waals surface area contributed by atoms with Gasteiger partial charge in [0.1, 0.15) is 5.75 Å². The highest BCUT2D eigenvalue weighted by Gasteiger charge is 2.04. The van der Waals surface area contributed by atoms with Crippen LogP contribution in [-0.2, 0) is 4.79 Å². The number of amides is 1. The van der Waals surface area contributed by atoms with Gasteiger partial charge < -0.3 is 10.5 Å². The van der Waals surface area contributed by atoms with Crippen LogP contribution < -0.4 is 15.9 Å². The molecule has 0 saturated carbocycles. The van der Waals surface area contributed by atoms with Crippen molar-refractivity contribution in [2.24, 2.45) is 5.10 Å². The standard InChI is InChI=1S/C20H19N3O2/c1-14(16-7-4-8-18(21)11-16)22-23-20(24)13-25-19-10-9-15-5-2-3-6-17(15)12-19/h2-12H,13,21H2,1H3,(H,23,24)/b22-14-. The second-order valence-corrected chi connectivity index (χ2v) is 5.66. The van der Waals surface area contributed by atoms with E-state index in [4.69, 9.17) is 10.5 Å². The van der Waals surface area contributed by atoms with Gasteiger partial charge in [0.05, 0.1) is 5.71 Å². The number of nitrogens with one attached hydrogen (secondary N) is 1. The first-order valence-corrected chi connectivity index (χ1v) is 7.92. The molecule has 3 rings (SSSR count). The second-order valence-electron chi connectivity index (χ2n) is 5.66. The molecular formula is C20H19N3O2. The molecule has 0 fully saturated rings. The van der Waals surface area contributed by atoms with Gasteiger partial charge in [-0.05, 0) is 47.5 Å². The number of carbonyl (C=O) groups is 1. The van der Waals surface area contributed by atoms with Crippen LogP contribution in [0, 0.1) is 0 Å². The van der Waals surface area contributed by atoms with E-state index in [0.29, 0.717) is 17.1 Å². The average Bonchev–Trinajstić information content (AvgIpc) is 2.64. The molecule has 3 aromatic carbocycles. The topological polar surface area (TPSA) is 76.7 Å². The maximum Gasteiger partial charge on any atom is 0.277 e. The van der Waals surface area contributed by atoms with Crippen LogP contribution in [0.15, 0.2) is 71.8 Å². The lowest BCUT2D eigenvalue weighted by Gasteiger charge is -2.07. The third-order valence-corrected chi connectivity index (χ3v) is 3.74. The molecule has 0 atom stereocenters. The number of nitrogen functional groups attached to an aromatic ring is 1. The molecule has 25 heavy (non-hydrogen) atoms. The normalized spacial score (nSPS) is 11.3. The highest BCUT2D eigenvalue weighted by atomic mass is 16.5. The Morgan fingerprint density at radius 2 is 1.84 bits per heavy atom. The number of nitrogens with zero attached hydrogens (tertiary/aromatic N) is 1. The summed E-state index contributed by atoms with van der Waals surface area (Å²) in [4.78, 5) is 11.9. The van der Waals surface area contributed by atoms with E-state index >= 15 is 0 Å². The van der Waals surface area contributed by atoms with Gasteiger partial charge in [0.15, 0.2) is 6.61 Å². The minimum atomic E-state index is -0.323. The van der Waals surface area contributed by atoms with Crippen LogP contribution >= 0.6 is 0 Å². The van der Waals surface area contributed by atoms with E-state index in [0.717, 1.165) is 16.3 Å². The highest BCUT2D eigenvalue weighted by Crippen LogP contribution is 2.20. The van der Waals surface area contributed by atoms with Crippen LogP contribution in [0.5, 0.6) is 5.75 Å². The molecule has 1 amide bonds. The quantitative estimate of drug-likeness (QED) is 0.427. The van der Waals surface area contributed by atoms with Gasteiger partial charge in [-0.3, -0.25) is 4.79 Å². The van der Waals surface area contributed by atoms with E-state index < -0.39 is 0 Å². The molecule has 0 aromatic heterocycles. The van der Waals surface area contributed by atoms with Crippen LogP contribution in [0.3, 0.4) is 0 Å². The van der Waals surface area contributed by atoms with Gasteiger partial charge in [-0.25, -0.2) is 5.43 Å². The first-order valence-electron chi connectivity index (χ1n) is 7.92. The Hall–Kier alpha value is -3.34. The van der Waals surface area contributed by atoms with Crippen molar-refractivity contribution in [1.82, 2.24) is 5.43 Å². The minimum absolute atomic E-state index is 0.105. The Labute approximate surface area is 146 Å². The zero-order valence-corrected chi connectivity index (χ0v) is 13.9. The predicted octanol–water partition coefficient (Wildman–Crippen LogP) is 3.34. The smallest absolute Gasteiger partial charge is 0.277 e. The Kier molecular flexibility index (Phi) is 4.95.